The molecule has 0 saturated heterocycles. The number of hydrogen-bond donors (Lipinski definition) is 0. The summed E-state index contributed by atoms with van der Waals surface area (Å²) in [6, 6.07) is 13.0. The zero-order valence-electron chi connectivity index (χ0n) is 12.3. The molecule has 0 fully saturated rings. The van der Waals surface area contributed by atoms with Crippen LogP contribution in [0.15, 0.2) is 42.5 Å². The fourth-order valence-corrected chi connectivity index (χ4v) is 4.31. The van der Waals surface area contributed by atoms with Crippen LogP contribution in [-0.2, 0) is 11.2 Å². The van der Waals surface area contributed by atoms with E-state index >= 15 is 0 Å². The van der Waals surface area contributed by atoms with E-state index in [0.29, 0.717) is 11.3 Å². The average molecular weight is 341 g/mol. The van der Waals surface area contributed by atoms with Gasteiger partial charge in [-0.2, -0.15) is 5.26 Å². The molecule has 0 bridgehead atoms. The van der Waals surface area contributed by atoms with Crippen LogP contribution < -0.4 is 0 Å². The lowest BCUT2D eigenvalue weighted by Gasteiger charge is -2.32. The van der Waals surface area contributed by atoms with E-state index in [4.69, 9.17) is 0 Å². The van der Waals surface area contributed by atoms with Gasteiger partial charge in [0.2, 0.25) is 0 Å². The van der Waals surface area contributed by atoms with E-state index in [1.165, 1.54) is 23.9 Å². The lowest BCUT2D eigenvalue weighted by Crippen LogP contribution is -2.28. The fourth-order valence-electron chi connectivity index (χ4n) is 2.93. The minimum Gasteiger partial charge on any atom is -0.258 e. The molecule has 0 aromatic heterocycles. The zero-order valence-corrected chi connectivity index (χ0v) is 13.2. The largest absolute Gasteiger partial charge is 0.282 e. The molecule has 0 spiro atoms. The van der Waals surface area contributed by atoms with Crippen molar-refractivity contribution in [3.8, 4) is 6.07 Å². The monoisotopic (exact) mass is 341 g/mol. The first-order valence-corrected chi connectivity index (χ1v) is 8.05. The summed E-state index contributed by atoms with van der Waals surface area (Å²) in [5.74, 6) is 0.638. The van der Waals surface area contributed by atoms with Crippen LogP contribution in [0, 0.1) is 31.6 Å². The summed E-state index contributed by atoms with van der Waals surface area (Å²) >= 11 is 1.32. The van der Waals surface area contributed by atoms with Gasteiger partial charge in [0.05, 0.1) is 27.5 Å². The van der Waals surface area contributed by atoms with Gasteiger partial charge in [0.1, 0.15) is 0 Å². The van der Waals surface area contributed by atoms with E-state index < -0.39 is 20.3 Å². The molecular formula is C16H11N3O4S. The van der Waals surface area contributed by atoms with Crippen LogP contribution >= 0.6 is 11.8 Å². The van der Waals surface area contributed by atoms with Gasteiger partial charge >= 0.3 is 0 Å². The first-order valence-electron chi connectivity index (χ1n) is 7.06. The Bertz CT molecular complexity index is 893. The number of fused-ring (bicyclic) bond motifs is 1. The molecule has 0 radical (unpaired) electrons. The Labute approximate surface area is 141 Å². The molecule has 1 atom stereocenters. The number of nitrogens with zero attached hydrogens (tertiary/aromatic N) is 3. The molecule has 120 valence electrons. The number of benzene rings is 2. The molecule has 1 heterocycles. The van der Waals surface area contributed by atoms with Crippen LogP contribution in [0.4, 0.5) is 11.4 Å². The van der Waals surface area contributed by atoms with Gasteiger partial charge in [-0.3, -0.25) is 20.2 Å². The molecule has 1 unspecified atom stereocenters. The van der Waals surface area contributed by atoms with Crippen molar-refractivity contribution in [1.82, 2.24) is 0 Å². The highest BCUT2D eigenvalue weighted by molar-refractivity contribution is 8.00. The smallest absolute Gasteiger partial charge is 0.258 e. The van der Waals surface area contributed by atoms with Crippen LogP contribution in [0.1, 0.15) is 16.7 Å². The molecule has 0 aliphatic carbocycles. The van der Waals surface area contributed by atoms with Crippen LogP contribution in [0.5, 0.6) is 0 Å². The topological polar surface area (TPSA) is 110 Å². The van der Waals surface area contributed by atoms with E-state index in [2.05, 4.69) is 6.07 Å². The Morgan fingerprint density at radius 3 is 2.50 bits per heavy atom. The second-order valence-corrected chi connectivity index (χ2v) is 6.57. The van der Waals surface area contributed by atoms with E-state index in [0.717, 1.165) is 18.1 Å². The van der Waals surface area contributed by atoms with Gasteiger partial charge in [0, 0.05) is 6.07 Å². The third kappa shape index (κ3) is 2.39. The molecule has 24 heavy (non-hydrogen) atoms. The van der Waals surface area contributed by atoms with Crippen LogP contribution in [0.3, 0.4) is 0 Å². The summed E-state index contributed by atoms with van der Waals surface area (Å²) in [5.41, 5.74) is 1.08. The zero-order chi connectivity index (χ0) is 17.3. The molecule has 2 aromatic rings. The van der Waals surface area contributed by atoms with Crippen molar-refractivity contribution in [2.45, 2.75) is 11.2 Å². The Hall–Kier alpha value is -2.92. The average Bonchev–Trinajstić information content (AvgIpc) is 2.60. The number of nitriles is 1. The molecule has 1 aliphatic heterocycles. The molecule has 7 nitrogen and oxygen atoms in total. The number of rotatable bonds is 3. The van der Waals surface area contributed by atoms with Gasteiger partial charge in [-0.1, -0.05) is 24.3 Å². The van der Waals surface area contributed by atoms with E-state index in [-0.39, 0.29) is 11.3 Å². The molecular weight excluding hydrogens is 330 g/mol. The van der Waals surface area contributed by atoms with Crippen LogP contribution in [-0.4, -0.2) is 15.6 Å². The summed E-state index contributed by atoms with van der Waals surface area (Å²) in [4.78, 5) is 21.0. The SMILES string of the molecule is N#CC1(c2ccc([N+](=O)[O-])cc2[N+](=O)[O-])SCCc2ccccc21. The van der Waals surface area contributed by atoms with Gasteiger partial charge in [0.15, 0.2) is 4.75 Å². The van der Waals surface area contributed by atoms with Crippen molar-refractivity contribution in [3.05, 3.63) is 79.4 Å². The minimum atomic E-state index is -1.24. The Morgan fingerprint density at radius 2 is 1.83 bits per heavy atom. The number of hydrogen-bond acceptors (Lipinski definition) is 6. The second-order valence-electron chi connectivity index (χ2n) is 5.26. The highest BCUT2D eigenvalue weighted by Crippen LogP contribution is 2.50. The first kappa shape index (κ1) is 16.0. The van der Waals surface area contributed by atoms with E-state index in [1.807, 2.05) is 12.1 Å². The summed E-state index contributed by atoms with van der Waals surface area (Å²) in [5, 5.41) is 32.3. The predicted octanol–water partition coefficient (Wildman–Crippen LogP) is 3.56. The van der Waals surface area contributed by atoms with Crippen LogP contribution in [0.25, 0.3) is 0 Å². The normalized spacial score (nSPS) is 19.1. The summed E-state index contributed by atoms with van der Waals surface area (Å²) in [6.07, 6.45) is 0.769. The minimum absolute atomic E-state index is 0.178. The fraction of sp³-hybridized carbons (Fsp3) is 0.188. The molecule has 2 aromatic carbocycles. The Kier molecular flexibility index (Phi) is 3.95. The second kappa shape index (κ2) is 5.94. The Balaban J connectivity index is 2.30. The van der Waals surface area contributed by atoms with Crippen LogP contribution in [0.2, 0.25) is 0 Å². The highest BCUT2D eigenvalue weighted by atomic mass is 32.2. The first-order chi connectivity index (χ1) is 11.5. The summed E-state index contributed by atoms with van der Waals surface area (Å²) in [7, 11) is 0. The maximum Gasteiger partial charge on any atom is 0.282 e. The maximum absolute atomic E-state index is 11.5. The summed E-state index contributed by atoms with van der Waals surface area (Å²) in [6.45, 7) is 0. The van der Waals surface area contributed by atoms with Crippen molar-refractivity contribution in [3.63, 3.8) is 0 Å². The number of nitro groups is 2. The molecule has 0 N–H and O–H groups in total. The third-order valence-electron chi connectivity index (χ3n) is 4.01. The van der Waals surface area contributed by atoms with Gasteiger partial charge in [-0.25, -0.2) is 0 Å². The van der Waals surface area contributed by atoms with Crippen molar-refractivity contribution in [2.24, 2.45) is 0 Å². The quantitative estimate of drug-likeness (QED) is 0.623. The number of nitro benzene ring substituents is 2. The highest BCUT2D eigenvalue weighted by Gasteiger charge is 2.44. The van der Waals surface area contributed by atoms with Crippen molar-refractivity contribution >= 4 is 23.1 Å². The van der Waals surface area contributed by atoms with Gasteiger partial charge < -0.3 is 0 Å². The third-order valence-corrected chi connectivity index (χ3v) is 5.38. The summed E-state index contributed by atoms with van der Waals surface area (Å²) < 4.78 is -1.24. The Morgan fingerprint density at radius 1 is 1.08 bits per heavy atom. The predicted molar refractivity (Wildman–Crippen MR) is 88.7 cm³/mol. The number of thioether (sulfide) groups is 1. The lowest BCUT2D eigenvalue weighted by atomic mass is 9.86. The van der Waals surface area contributed by atoms with Crippen molar-refractivity contribution in [2.75, 3.05) is 5.75 Å². The van der Waals surface area contributed by atoms with Gasteiger partial charge in [-0.15, -0.1) is 11.8 Å². The molecule has 0 amide bonds. The van der Waals surface area contributed by atoms with E-state index in [1.54, 1.807) is 12.1 Å². The van der Waals surface area contributed by atoms with Crippen molar-refractivity contribution < 1.29 is 9.85 Å². The molecule has 3 rings (SSSR count). The number of aryl methyl sites for hydroxylation is 1. The van der Waals surface area contributed by atoms with Crippen molar-refractivity contribution in [1.29, 1.82) is 5.26 Å². The number of non-ortho nitro benzene ring substituents is 1. The lowest BCUT2D eigenvalue weighted by molar-refractivity contribution is -0.394. The maximum atomic E-state index is 11.5. The molecule has 0 saturated carbocycles. The molecule has 8 heteroatoms. The van der Waals surface area contributed by atoms with E-state index in [9.17, 15) is 25.5 Å². The van der Waals surface area contributed by atoms with Gasteiger partial charge in [-0.05, 0) is 29.4 Å². The molecule has 1 aliphatic rings. The standard InChI is InChI=1S/C16H11N3O4S/c17-10-16(13-4-2-1-3-11(13)7-8-24-16)14-6-5-12(18(20)21)9-15(14)19(22)23/h1-6,9H,7-8H2. The van der Waals surface area contributed by atoms with Gasteiger partial charge in [0.25, 0.3) is 11.4 Å².